The van der Waals surface area contributed by atoms with Crippen molar-refractivity contribution < 1.29 is 4.39 Å². The molecule has 0 bridgehead atoms. The summed E-state index contributed by atoms with van der Waals surface area (Å²) in [5.74, 6) is -0.240. The van der Waals surface area contributed by atoms with Crippen LogP contribution in [0.3, 0.4) is 0 Å². The molecule has 0 aliphatic heterocycles. The Balaban J connectivity index is 2.17. The van der Waals surface area contributed by atoms with Gasteiger partial charge >= 0.3 is 0 Å². The number of hydrogen-bond acceptors (Lipinski definition) is 3. The van der Waals surface area contributed by atoms with Crippen molar-refractivity contribution in [1.82, 2.24) is 4.98 Å². The lowest BCUT2D eigenvalue weighted by Gasteiger charge is -1.96. The minimum atomic E-state index is -0.240. The number of halogens is 1. The molecule has 3 rings (SSSR count). The predicted molar refractivity (Wildman–Crippen MR) is 72.9 cm³/mol. The summed E-state index contributed by atoms with van der Waals surface area (Å²) in [7, 11) is 0. The molecule has 2 N–H and O–H groups in total. The van der Waals surface area contributed by atoms with Gasteiger partial charge in [-0.15, -0.1) is 11.3 Å². The van der Waals surface area contributed by atoms with Crippen molar-refractivity contribution >= 4 is 21.6 Å². The fourth-order valence-electron chi connectivity index (χ4n) is 1.85. The van der Waals surface area contributed by atoms with Crippen LogP contribution in [-0.2, 0) is 6.54 Å². The molecule has 0 saturated carbocycles. The topological polar surface area (TPSA) is 38.9 Å². The molecule has 0 atom stereocenters. The highest BCUT2D eigenvalue weighted by atomic mass is 32.1. The van der Waals surface area contributed by atoms with Gasteiger partial charge in [-0.25, -0.2) is 9.37 Å². The Hall–Kier alpha value is -1.78. The van der Waals surface area contributed by atoms with Gasteiger partial charge in [-0.3, -0.25) is 0 Å². The third-order valence-electron chi connectivity index (χ3n) is 2.79. The zero-order valence-corrected chi connectivity index (χ0v) is 10.4. The first-order valence-corrected chi connectivity index (χ1v) is 6.44. The van der Waals surface area contributed by atoms with Crippen molar-refractivity contribution in [3.8, 4) is 10.6 Å². The highest BCUT2D eigenvalue weighted by Gasteiger charge is 2.10. The first-order valence-electron chi connectivity index (χ1n) is 5.62. The normalized spacial score (nSPS) is 11.0. The quantitative estimate of drug-likeness (QED) is 0.763. The van der Waals surface area contributed by atoms with E-state index in [2.05, 4.69) is 4.98 Å². The second-order valence-corrected chi connectivity index (χ2v) is 5.04. The van der Waals surface area contributed by atoms with E-state index in [-0.39, 0.29) is 5.82 Å². The smallest absolute Gasteiger partial charge is 0.133 e. The molecular weight excluding hydrogens is 247 g/mol. The van der Waals surface area contributed by atoms with Crippen molar-refractivity contribution in [1.29, 1.82) is 0 Å². The van der Waals surface area contributed by atoms with Crippen molar-refractivity contribution in [2.45, 2.75) is 6.54 Å². The van der Waals surface area contributed by atoms with Crippen LogP contribution in [0.4, 0.5) is 4.39 Å². The summed E-state index contributed by atoms with van der Waals surface area (Å²) in [5.41, 5.74) is 8.06. The zero-order chi connectivity index (χ0) is 12.5. The Morgan fingerprint density at radius 1 is 1.17 bits per heavy atom. The molecule has 3 aromatic rings. The van der Waals surface area contributed by atoms with E-state index >= 15 is 0 Å². The number of benzene rings is 2. The average Bonchev–Trinajstić information content (AvgIpc) is 2.81. The van der Waals surface area contributed by atoms with Gasteiger partial charge in [0.2, 0.25) is 0 Å². The van der Waals surface area contributed by atoms with Gasteiger partial charge in [-0.05, 0) is 29.8 Å². The van der Waals surface area contributed by atoms with E-state index in [9.17, 15) is 4.39 Å². The number of nitrogens with zero attached hydrogens (tertiary/aromatic N) is 1. The molecule has 18 heavy (non-hydrogen) atoms. The van der Waals surface area contributed by atoms with Crippen LogP contribution in [0.1, 0.15) is 5.56 Å². The molecule has 0 fully saturated rings. The molecule has 4 heteroatoms. The first kappa shape index (κ1) is 11.3. The van der Waals surface area contributed by atoms with E-state index in [1.54, 1.807) is 12.1 Å². The fraction of sp³-hybridized carbons (Fsp3) is 0.0714. The molecule has 0 unspecified atom stereocenters. The SMILES string of the molecule is NCc1ccc2sc(-c3ccccc3F)nc2c1. The van der Waals surface area contributed by atoms with Crippen molar-refractivity contribution in [3.05, 3.63) is 53.8 Å². The van der Waals surface area contributed by atoms with Gasteiger partial charge in [0.05, 0.1) is 10.2 Å². The molecule has 0 aliphatic rings. The third kappa shape index (κ3) is 1.89. The molecule has 0 radical (unpaired) electrons. The molecule has 2 nitrogen and oxygen atoms in total. The standard InChI is InChI=1S/C14H11FN2S/c15-11-4-2-1-3-10(11)14-17-12-7-9(8-16)5-6-13(12)18-14/h1-7H,8,16H2. The van der Waals surface area contributed by atoms with Crippen LogP contribution >= 0.6 is 11.3 Å². The van der Waals surface area contributed by atoms with Crippen LogP contribution in [0.15, 0.2) is 42.5 Å². The van der Waals surface area contributed by atoms with Gasteiger partial charge < -0.3 is 5.73 Å². The summed E-state index contributed by atoms with van der Waals surface area (Å²) in [6.07, 6.45) is 0. The summed E-state index contributed by atoms with van der Waals surface area (Å²) >= 11 is 1.49. The van der Waals surface area contributed by atoms with Crippen LogP contribution in [0.5, 0.6) is 0 Å². The summed E-state index contributed by atoms with van der Waals surface area (Å²) in [4.78, 5) is 4.48. The van der Waals surface area contributed by atoms with E-state index in [0.29, 0.717) is 17.1 Å². The van der Waals surface area contributed by atoms with Crippen LogP contribution in [0.2, 0.25) is 0 Å². The lowest BCUT2D eigenvalue weighted by molar-refractivity contribution is 0.631. The first-order chi connectivity index (χ1) is 8.78. The Morgan fingerprint density at radius 2 is 2.00 bits per heavy atom. The number of nitrogens with two attached hydrogens (primary N) is 1. The van der Waals surface area contributed by atoms with Gasteiger partial charge in [0.25, 0.3) is 0 Å². The minimum absolute atomic E-state index is 0.240. The lowest BCUT2D eigenvalue weighted by atomic mass is 10.2. The predicted octanol–water partition coefficient (Wildman–Crippen LogP) is 3.56. The van der Waals surface area contributed by atoms with Crippen LogP contribution < -0.4 is 5.73 Å². The Labute approximate surface area is 108 Å². The number of thiazole rings is 1. The van der Waals surface area contributed by atoms with E-state index < -0.39 is 0 Å². The van der Waals surface area contributed by atoms with Crippen molar-refractivity contribution in [2.75, 3.05) is 0 Å². The van der Waals surface area contributed by atoms with E-state index in [1.807, 2.05) is 24.3 Å². The Bertz CT molecular complexity index is 706. The van der Waals surface area contributed by atoms with Crippen molar-refractivity contribution in [3.63, 3.8) is 0 Å². The molecule has 90 valence electrons. The van der Waals surface area contributed by atoms with E-state index in [1.165, 1.54) is 17.4 Å². The summed E-state index contributed by atoms with van der Waals surface area (Å²) in [6, 6.07) is 12.6. The molecule has 0 saturated heterocycles. The maximum Gasteiger partial charge on any atom is 0.133 e. The number of fused-ring (bicyclic) bond motifs is 1. The minimum Gasteiger partial charge on any atom is -0.326 e. The molecule has 0 aliphatic carbocycles. The van der Waals surface area contributed by atoms with Crippen LogP contribution in [0, 0.1) is 5.82 Å². The third-order valence-corrected chi connectivity index (χ3v) is 3.86. The summed E-state index contributed by atoms with van der Waals surface area (Å²) in [5, 5.41) is 0.706. The highest BCUT2D eigenvalue weighted by Crippen LogP contribution is 2.31. The molecule has 0 amide bonds. The monoisotopic (exact) mass is 258 g/mol. The molecule has 1 aromatic heterocycles. The summed E-state index contributed by atoms with van der Waals surface area (Å²) < 4.78 is 14.7. The number of aromatic nitrogens is 1. The largest absolute Gasteiger partial charge is 0.326 e. The van der Waals surface area contributed by atoms with Gasteiger partial charge in [0.1, 0.15) is 10.8 Å². The van der Waals surface area contributed by atoms with Crippen LogP contribution in [0.25, 0.3) is 20.8 Å². The number of rotatable bonds is 2. The fourth-order valence-corrected chi connectivity index (χ4v) is 2.82. The molecule has 1 heterocycles. The average molecular weight is 258 g/mol. The Morgan fingerprint density at radius 3 is 2.78 bits per heavy atom. The van der Waals surface area contributed by atoms with Gasteiger partial charge in [0.15, 0.2) is 0 Å². The molecule has 0 spiro atoms. The number of hydrogen-bond donors (Lipinski definition) is 1. The zero-order valence-electron chi connectivity index (χ0n) is 9.56. The van der Waals surface area contributed by atoms with Gasteiger partial charge in [-0.1, -0.05) is 18.2 Å². The van der Waals surface area contributed by atoms with Gasteiger partial charge in [-0.2, -0.15) is 0 Å². The van der Waals surface area contributed by atoms with E-state index in [4.69, 9.17) is 5.73 Å². The maximum atomic E-state index is 13.7. The van der Waals surface area contributed by atoms with Crippen LogP contribution in [-0.4, -0.2) is 4.98 Å². The maximum absolute atomic E-state index is 13.7. The van der Waals surface area contributed by atoms with E-state index in [0.717, 1.165) is 15.8 Å². The highest BCUT2D eigenvalue weighted by molar-refractivity contribution is 7.21. The van der Waals surface area contributed by atoms with Gasteiger partial charge in [0, 0.05) is 12.1 Å². The lowest BCUT2D eigenvalue weighted by Crippen LogP contribution is -1.94. The summed E-state index contributed by atoms with van der Waals surface area (Å²) in [6.45, 7) is 0.489. The second-order valence-electron chi connectivity index (χ2n) is 4.01. The molecular formula is C14H11FN2S. The molecule has 2 aromatic carbocycles. The Kier molecular flexibility index (Phi) is 2.81. The van der Waals surface area contributed by atoms with Crippen molar-refractivity contribution in [2.24, 2.45) is 5.73 Å². The second kappa shape index (κ2) is 4.48.